The first-order chi connectivity index (χ1) is 10.1. The third kappa shape index (κ3) is 3.83. The van der Waals surface area contributed by atoms with E-state index in [1.807, 2.05) is 6.92 Å². The highest BCUT2D eigenvalue weighted by Gasteiger charge is 2.41. The van der Waals surface area contributed by atoms with Crippen molar-refractivity contribution in [3.8, 4) is 0 Å². The van der Waals surface area contributed by atoms with E-state index in [-0.39, 0.29) is 11.5 Å². The van der Waals surface area contributed by atoms with Gasteiger partial charge in [0.05, 0.1) is 0 Å². The topological polar surface area (TPSA) is 74.2 Å². The van der Waals surface area contributed by atoms with Crippen LogP contribution in [0.5, 0.6) is 0 Å². The molecule has 2 rings (SSSR count). The lowest BCUT2D eigenvalue weighted by Crippen LogP contribution is -2.36. The zero-order valence-corrected chi connectivity index (χ0v) is 13.6. The molecule has 5 nitrogen and oxygen atoms in total. The summed E-state index contributed by atoms with van der Waals surface area (Å²) in [5.41, 5.74) is 5.22. The molecule has 120 valence electrons. The van der Waals surface area contributed by atoms with E-state index in [1.54, 1.807) is 0 Å². The molecule has 2 N–H and O–H groups in total. The summed E-state index contributed by atoms with van der Waals surface area (Å²) in [5.74, 6) is 2.36. The van der Waals surface area contributed by atoms with Crippen molar-refractivity contribution in [3.05, 3.63) is 11.7 Å². The van der Waals surface area contributed by atoms with Crippen molar-refractivity contribution in [2.45, 2.75) is 70.8 Å². The summed E-state index contributed by atoms with van der Waals surface area (Å²) in [4.78, 5) is 4.67. The molecule has 5 heteroatoms. The Hall–Kier alpha value is -0.940. The van der Waals surface area contributed by atoms with Gasteiger partial charge < -0.3 is 15.0 Å². The Bertz CT molecular complexity index is 431. The normalized spacial score (nSPS) is 27.7. The number of hydrogen-bond acceptors (Lipinski definition) is 5. The Labute approximate surface area is 127 Å². The molecule has 0 saturated heterocycles. The minimum absolute atomic E-state index is 0.259. The lowest BCUT2D eigenvalue weighted by Gasteiger charge is -2.37. The molecule has 0 spiro atoms. The molecular formula is C16H29N3O2. The molecule has 1 aliphatic rings. The average molecular weight is 295 g/mol. The minimum Gasteiger partial charge on any atom is -0.367 e. The molecule has 0 aliphatic heterocycles. The van der Waals surface area contributed by atoms with Crippen molar-refractivity contribution in [1.82, 2.24) is 10.1 Å². The zero-order chi connectivity index (χ0) is 15.3. The van der Waals surface area contributed by atoms with E-state index < -0.39 is 0 Å². The number of aromatic nitrogens is 2. The van der Waals surface area contributed by atoms with E-state index in [4.69, 9.17) is 15.0 Å². The molecule has 0 aromatic carbocycles. The average Bonchev–Trinajstić information content (AvgIpc) is 2.95. The second-order valence-corrected chi connectivity index (χ2v) is 6.42. The number of rotatable bonds is 7. The number of ether oxygens (including phenoxy) is 1. The Morgan fingerprint density at radius 1 is 1.52 bits per heavy atom. The van der Waals surface area contributed by atoms with E-state index >= 15 is 0 Å². The van der Waals surface area contributed by atoms with Crippen LogP contribution in [-0.4, -0.2) is 23.3 Å². The molecule has 0 amide bonds. The molecular weight excluding hydrogens is 266 g/mol. The van der Waals surface area contributed by atoms with Gasteiger partial charge in [0.1, 0.15) is 5.60 Å². The molecule has 1 aliphatic carbocycles. The predicted octanol–water partition coefficient (Wildman–Crippen LogP) is 3.35. The fraction of sp³-hybridized carbons (Fsp3) is 0.875. The Kier molecular flexibility index (Phi) is 5.76. The third-order valence-electron chi connectivity index (χ3n) is 4.49. The van der Waals surface area contributed by atoms with Gasteiger partial charge in [-0.2, -0.15) is 4.98 Å². The Balaban J connectivity index is 2.16. The summed E-state index contributed by atoms with van der Waals surface area (Å²) in [7, 11) is 0. The van der Waals surface area contributed by atoms with Crippen molar-refractivity contribution in [1.29, 1.82) is 0 Å². The molecule has 1 fully saturated rings. The van der Waals surface area contributed by atoms with Crippen LogP contribution >= 0.6 is 0 Å². The van der Waals surface area contributed by atoms with Gasteiger partial charge in [-0.1, -0.05) is 25.4 Å². The van der Waals surface area contributed by atoms with Crippen molar-refractivity contribution in [2.75, 3.05) is 13.2 Å². The van der Waals surface area contributed by atoms with E-state index in [0.29, 0.717) is 19.1 Å². The van der Waals surface area contributed by atoms with Crippen LogP contribution in [-0.2, 0) is 10.3 Å². The maximum Gasteiger partial charge on any atom is 0.229 e. The summed E-state index contributed by atoms with van der Waals surface area (Å²) in [5, 5.41) is 4.25. The molecule has 1 aromatic heterocycles. The first-order valence-electron chi connectivity index (χ1n) is 8.29. The summed E-state index contributed by atoms with van der Waals surface area (Å²) >= 11 is 0. The van der Waals surface area contributed by atoms with Crippen molar-refractivity contribution >= 4 is 0 Å². The molecule has 0 bridgehead atoms. The molecule has 21 heavy (non-hydrogen) atoms. The second kappa shape index (κ2) is 7.36. The maximum absolute atomic E-state index is 6.10. The second-order valence-electron chi connectivity index (χ2n) is 6.42. The van der Waals surface area contributed by atoms with Crippen LogP contribution in [0.15, 0.2) is 4.52 Å². The number of nitrogens with two attached hydrogens (primary N) is 1. The van der Waals surface area contributed by atoms with Crippen LogP contribution in [0.1, 0.15) is 76.9 Å². The lowest BCUT2D eigenvalue weighted by molar-refractivity contribution is -0.0891. The van der Waals surface area contributed by atoms with E-state index in [2.05, 4.69) is 24.0 Å². The van der Waals surface area contributed by atoms with E-state index in [0.717, 1.165) is 43.8 Å². The first-order valence-corrected chi connectivity index (χ1v) is 8.29. The van der Waals surface area contributed by atoms with Gasteiger partial charge in [-0.25, -0.2) is 0 Å². The van der Waals surface area contributed by atoms with Gasteiger partial charge in [0.2, 0.25) is 11.7 Å². The van der Waals surface area contributed by atoms with Gasteiger partial charge in [0, 0.05) is 12.5 Å². The summed E-state index contributed by atoms with van der Waals surface area (Å²) in [6.07, 6.45) is 6.35. The smallest absolute Gasteiger partial charge is 0.229 e. The number of nitrogens with zero attached hydrogens (tertiary/aromatic N) is 2. The zero-order valence-electron chi connectivity index (χ0n) is 13.6. The van der Waals surface area contributed by atoms with Crippen LogP contribution < -0.4 is 5.73 Å². The van der Waals surface area contributed by atoms with E-state index in [9.17, 15) is 0 Å². The summed E-state index contributed by atoms with van der Waals surface area (Å²) in [6, 6.07) is 0. The minimum atomic E-state index is -0.345. The van der Waals surface area contributed by atoms with E-state index in [1.165, 1.54) is 6.42 Å². The number of hydrogen-bond donors (Lipinski definition) is 1. The molecule has 3 unspecified atom stereocenters. The standard InChI is InChI=1S/C16H29N3O2/c1-4-20-16(9-5-7-12(2)11-16)15-18-14(21-19-15)13(3)8-6-10-17/h12-13H,4-11,17H2,1-3H3. The Morgan fingerprint density at radius 2 is 2.33 bits per heavy atom. The highest BCUT2D eigenvalue weighted by atomic mass is 16.5. The van der Waals surface area contributed by atoms with Crippen LogP contribution in [0.3, 0.4) is 0 Å². The van der Waals surface area contributed by atoms with Crippen LogP contribution in [0.25, 0.3) is 0 Å². The first kappa shape index (κ1) is 16.4. The Morgan fingerprint density at radius 3 is 3.00 bits per heavy atom. The van der Waals surface area contributed by atoms with Gasteiger partial charge in [0.15, 0.2) is 0 Å². The van der Waals surface area contributed by atoms with Gasteiger partial charge in [0.25, 0.3) is 0 Å². The maximum atomic E-state index is 6.10. The molecule has 1 heterocycles. The third-order valence-corrected chi connectivity index (χ3v) is 4.49. The summed E-state index contributed by atoms with van der Waals surface area (Å²) in [6.45, 7) is 7.80. The highest BCUT2D eigenvalue weighted by molar-refractivity contribution is 5.05. The molecule has 1 aromatic rings. The lowest BCUT2D eigenvalue weighted by atomic mass is 9.78. The van der Waals surface area contributed by atoms with Crippen LogP contribution in [0.4, 0.5) is 0 Å². The van der Waals surface area contributed by atoms with Gasteiger partial charge in [-0.3, -0.25) is 0 Å². The molecule has 1 saturated carbocycles. The predicted molar refractivity (Wildman–Crippen MR) is 81.9 cm³/mol. The SMILES string of the molecule is CCOC1(c2noc(C(C)CCCN)n2)CCCC(C)C1. The fourth-order valence-electron chi connectivity index (χ4n) is 3.35. The molecule has 3 atom stereocenters. The van der Waals surface area contributed by atoms with Gasteiger partial charge in [-0.05, 0) is 51.5 Å². The monoisotopic (exact) mass is 295 g/mol. The molecule has 0 radical (unpaired) electrons. The quantitative estimate of drug-likeness (QED) is 0.835. The van der Waals surface area contributed by atoms with Crippen molar-refractivity contribution in [3.63, 3.8) is 0 Å². The fourth-order valence-corrected chi connectivity index (χ4v) is 3.35. The summed E-state index contributed by atoms with van der Waals surface area (Å²) < 4.78 is 11.6. The van der Waals surface area contributed by atoms with Gasteiger partial charge >= 0.3 is 0 Å². The van der Waals surface area contributed by atoms with Gasteiger partial charge in [-0.15, -0.1) is 0 Å². The highest BCUT2D eigenvalue weighted by Crippen LogP contribution is 2.42. The van der Waals surface area contributed by atoms with Crippen molar-refractivity contribution < 1.29 is 9.26 Å². The van der Waals surface area contributed by atoms with Crippen molar-refractivity contribution in [2.24, 2.45) is 11.7 Å². The van der Waals surface area contributed by atoms with Crippen LogP contribution in [0.2, 0.25) is 0 Å². The van der Waals surface area contributed by atoms with Crippen LogP contribution in [0, 0.1) is 5.92 Å². The largest absolute Gasteiger partial charge is 0.367 e.